The monoisotopic (exact) mass is 236 g/mol. The molecule has 0 heterocycles. The van der Waals surface area contributed by atoms with Crippen LogP contribution in [0.1, 0.15) is 23.7 Å². The van der Waals surface area contributed by atoms with Gasteiger partial charge in [0, 0.05) is 19.2 Å². The van der Waals surface area contributed by atoms with Crippen molar-refractivity contribution in [2.75, 3.05) is 7.05 Å². The van der Waals surface area contributed by atoms with E-state index in [1.807, 2.05) is 6.07 Å². The van der Waals surface area contributed by atoms with Crippen molar-refractivity contribution in [2.24, 2.45) is 0 Å². The molecular weight excluding hydrogens is 223 g/mol. The minimum absolute atomic E-state index is 0.116. The molecule has 1 rings (SSSR count). The first-order valence-electron chi connectivity index (χ1n) is 5.10. The molecule has 0 aliphatic carbocycles. The minimum Gasteiger partial charge on any atom is -0.508 e. The summed E-state index contributed by atoms with van der Waals surface area (Å²) in [5, 5.41) is 17.6. The molecule has 1 aromatic carbocycles. The quantitative estimate of drug-likeness (QED) is 0.871. The molecule has 1 unspecified atom stereocenters. The second kappa shape index (κ2) is 5.30. The molecule has 0 radical (unpaired) electrons. The highest BCUT2D eigenvalue weighted by Gasteiger charge is 2.20. The third kappa shape index (κ3) is 2.94. The van der Waals surface area contributed by atoms with Crippen molar-refractivity contribution in [3.8, 4) is 11.8 Å². The zero-order valence-corrected chi connectivity index (χ0v) is 9.64. The lowest BCUT2D eigenvalue weighted by Crippen LogP contribution is -2.35. The first-order chi connectivity index (χ1) is 7.97. The maximum absolute atomic E-state index is 13.4. The van der Waals surface area contributed by atoms with Crippen molar-refractivity contribution >= 4 is 5.91 Å². The Bertz CT molecular complexity index is 468. The number of nitriles is 1. The highest BCUT2D eigenvalue weighted by Crippen LogP contribution is 2.17. The summed E-state index contributed by atoms with van der Waals surface area (Å²) in [5.74, 6) is -1.51. The van der Waals surface area contributed by atoms with Gasteiger partial charge in [-0.1, -0.05) is 0 Å². The molecule has 0 fully saturated rings. The molecule has 5 heteroatoms. The van der Waals surface area contributed by atoms with Gasteiger partial charge >= 0.3 is 0 Å². The zero-order chi connectivity index (χ0) is 13.0. The van der Waals surface area contributed by atoms with Crippen LogP contribution in [0, 0.1) is 17.1 Å². The maximum atomic E-state index is 13.4. The SMILES string of the molecule is CC(CC#N)N(C)C(=O)c1ccc(O)cc1F. The molecule has 0 aliphatic heterocycles. The molecule has 1 N–H and O–H groups in total. The maximum Gasteiger partial charge on any atom is 0.256 e. The summed E-state index contributed by atoms with van der Waals surface area (Å²) in [6.45, 7) is 1.71. The number of halogens is 1. The summed E-state index contributed by atoms with van der Waals surface area (Å²) < 4.78 is 13.4. The van der Waals surface area contributed by atoms with Gasteiger partial charge < -0.3 is 10.0 Å². The molecule has 4 nitrogen and oxygen atoms in total. The molecule has 90 valence electrons. The van der Waals surface area contributed by atoms with Crippen molar-refractivity contribution < 1.29 is 14.3 Å². The van der Waals surface area contributed by atoms with Gasteiger partial charge in [-0.15, -0.1) is 0 Å². The van der Waals surface area contributed by atoms with Crippen LogP contribution in [0.3, 0.4) is 0 Å². The number of nitrogens with zero attached hydrogens (tertiary/aromatic N) is 2. The molecule has 1 atom stereocenters. The average Bonchev–Trinajstić information content (AvgIpc) is 2.27. The van der Waals surface area contributed by atoms with E-state index in [4.69, 9.17) is 10.4 Å². The number of amides is 1. The summed E-state index contributed by atoms with van der Waals surface area (Å²) in [7, 11) is 1.51. The van der Waals surface area contributed by atoms with Crippen LogP contribution in [-0.2, 0) is 0 Å². The third-order valence-corrected chi connectivity index (χ3v) is 2.55. The van der Waals surface area contributed by atoms with Crippen LogP contribution in [0.25, 0.3) is 0 Å². The number of benzene rings is 1. The summed E-state index contributed by atoms with van der Waals surface area (Å²) >= 11 is 0. The van der Waals surface area contributed by atoms with Gasteiger partial charge in [-0.25, -0.2) is 4.39 Å². The highest BCUT2D eigenvalue weighted by atomic mass is 19.1. The summed E-state index contributed by atoms with van der Waals surface area (Å²) in [6, 6.07) is 5.02. The van der Waals surface area contributed by atoms with Crippen LogP contribution in [0.4, 0.5) is 4.39 Å². The number of rotatable bonds is 3. The third-order valence-electron chi connectivity index (χ3n) is 2.55. The Morgan fingerprint density at radius 1 is 1.65 bits per heavy atom. The Hall–Kier alpha value is -2.09. The first-order valence-corrected chi connectivity index (χ1v) is 5.10. The van der Waals surface area contributed by atoms with Crippen molar-refractivity contribution in [3.63, 3.8) is 0 Å². The predicted octanol–water partition coefficient (Wildman–Crippen LogP) is 1.91. The Morgan fingerprint density at radius 2 is 2.29 bits per heavy atom. The Balaban J connectivity index is 2.93. The smallest absolute Gasteiger partial charge is 0.256 e. The van der Waals surface area contributed by atoms with E-state index in [0.717, 1.165) is 6.07 Å². The van der Waals surface area contributed by atoms with E-state index in [0.29, 0.717) is 0 Å². The van der Waals surface area contributed by atoms with E-state index < -0.39 is 11.7 Å². The number of hydrogen-bond donors (Lipinski definition) is 1. The summed E-state index contributed by atoms with van der Waals surface area (Å²) in [6.07, 6.45) is 0.182. The highest BCUT2D eigenvalue weighted by molar-refractivity contribution is 5.94. The van der Waals surface area contributed by atoms with Crippen molar-refractivity contribution in [1.29, 1.82) is 5.26 Å². The molecule has 0 saturated heterocycles. The van der Waals surface area contributed by atoms with Crippen LogP contribution in [-0.4, -0.2) is 29.0 Å². The standard InChI is InChI=1S/C12H13FN2O2/c1-8(5-6-14)15(2)12(17)10-4-3-9(16)7-11(10)13/h3-4,7-8,16H,5H2,1-2H3. The molecule has 17 heavy (non-hydrogen) atoms. The fraction of sp³-hybridized carbons (Fsp3) is 0.333. The summed E-state index contributed by atoms with van der Waals surface area (Å²) in [4.78, 5) is 13.2. The number of hydrogen-bond acceptors (Lipinski definition) is 3. The van der Waals surface area contributed by atoms with Crippen LogP contribution in [0.15, 0.2) is 18.2 Å². The Morgan fingerprint density at radius 3 is 2.82 bits per heavy atom. The van der Waals surface area contributed by atoms with E-state index in [-0.39, 0.29) is 23.8 Å². The number of phenolic OH excluding ortho intramolecular Hbond substituents is 1. The van der Waals surface area contributed by atoms with E-state index in [9.17, 15) is 9.18 Å². The van der Waals surface area contributed by atoms with E-state index in [2.05, 4.69) is 0 Å². The fourth-order valence-corrected chi connectivity index (χ4v) is 1.34. The lowest BCUT2D eigenvalue weighted by Gasteiger charge is -2.23. The fourth-order valence-electron chi connectivity index (χ4n) is 1.34. The molecule has 0 aliphatic rings. The van der Waals surface area contributed by atoms with Gasteiger partial charge in [0.25, 0.3) is 5.91 Å². The van der Waals surface area contributed by atoms with Crippen molar-refractivity contribution in [3.05, 3.63) is 29.6 Å². The topological polar surface area (TPSA) is 64.3 Å². The van der Waals surface area contributed by atoms with Gasteiger partial charge in [-0.2, -0.15) is 5.26 Å². The zero-order valence-electron chi connectivity index (χ0n) is 9.64. The van der Waals surface area contributed by atoms with Gasteiger partial charge in [0.1, 0.15) is 11.6 Å². The number of carbonyl (C=O) groups excluding carboxylic acids is 1. The number of phenols is 1. The first kappa shape index (κ1) is 13.0. The van der Waals surface area contributed by atoms with Crippen LogP contribution < -0.4 is 0 Å². The van der Waals surface area contributed by atoms with Crippen molar-refractivity contribution in [1.82, 2.24) is 4.90 Å². The van der Waals surface area contributed by atoms with E-state index in [1.54, 1.807) is 6.92 Å². The van der Waals surface area contributed by atoms with E-state index >= 15 is 0 Å². The lowest BCUT2D eigenvalue weighted by molar-refractivity contribution is 0.0741. The normalized spacial score (nSPS) is 11.6. The number of aromatic hydroxyl groups is 1. The van der Waals surface area contributed by atoms with Gasteiger partial charge in [-0.3, -0.25) is 4.79 Å². The molecular formula is C12H13FN2O2. The second-order valence-electron chi connectivity index (χ2n) is 3.79. The average molecular weight is 236 g/mol. The Kier molecular flexibility index (Phi) is 4.05. The number of carbonyl (C=O) groups is 1. The van der Waals surface area contributed by atoms with Gasteiger partial charge in [0.15, 0.2) is 0 Å². The van der Waals surface area contributed by atoms with Gasteiger partial charge in [0.2, 0.25) is 0 Å². The van der Waals surface area contributed by atoms with E-state index in [1.165, 1.54) is 24.1 Å². The van der Waals surface area contributed by atoms with Crippen molar-refractivity contribution in [2.45, 2.75) is 19.4 Å². The molecule has 1 aromatic rings. The van der Waals surface area contributed by atoms with Crippen LogP contribution in [0.5, 0.6) is 5.75 Å². The van der Waals surface area contributed by atoms with Crippen LogP contribution in [0.2, 0.25) is 0 Å². The molecule has 0 spiro atoms. The summed E-state index contributed by atoms with van der Waals surface area (Å²) in [5.41, 5.74) is -0.116. The molecule has 1 amide bonds. The molecule has 0 saturated carbocycles. The molecule has 0 aromatic heterocycles. The largest absolute Gasteiger partial charge is 0.508 e. The molecule has 0 bridgehead atoms. The lowest BCUT2D eigenvalue weighted by atomic mass is 10.1. The minimum atomic E-state index is -0.772. The second-order valence-corrected chi connectivity index (χ2v) is 3.79. The van der Waals surface area contributed by atoms with Crippen LogP contribution >= 0.6 is 0 Å². The predicted molar refractivity (Wildman–Crippen MR) is 59.9 cm³/mol. The van der Waals surface area contributed by atoms with Gasteiger partial charge in [-0.05, 0) is 19.1 Å². The Labute approximate surface area is 98.9 Å². The van der Waals surface area contributed by atoms with Gasteiger partial charge in [0.05, 0.1) is 18.1 Å².